The van der Waals surface area contributed by atoms with E-state index >= 15 is 0 Å². The Kier molecular flexibility index (Phi) is 3.05. The molecule has 1 aromatic heterocycles. The van der Waals surface area contributed by atoms with Crippen molar-refractivity contribution < 1.29 is 4.74 Å². The Hall–Kier alpha value is -1.23. The average molecular weight is 224 g/mol. The molecule has 1 atom stereocenters. The summed E-state index contributed by atoms with van der Waals surface area (Å²) >= 11 is 0. The summed E-state index contributed by atoms with van der Waals surface area (Å²) in [5.74, 6) is 1.66. The molecule has 1 aliphatic heterocycles. The Balaban J connectivity index is 2.14. The number of hydrogen-bond donors (Lipinski definition) is 1. The van der Waals surface area contributed by atoms with Gasteiger partial charge in [-0.3, -0.25) is 4.68 Å². The fourth-order valence-corrected chi connectivity index (χ4v) is 2.43. The van der Waals surface area contributed by atoms with Crippen molar-refractivity contribution in [2.45, 2.75) is 13.3 Å². The highest BCUT2D eigenvalue weighted by Gasteiger charge is 2.26. The molecule has 0 saturated carbocycles. The topological polar surface area (TPSA) is 56.3 Å². The van der Waals surface area contributed by atoms with Gasteiger partial charge in [0.05, 0.1) is 18.0 Å². The van der Waals surface area contributed by atoms with Crippen molar-refractivity contribution in [3.63, 3.8) is 0 Å². The number of aryl methyl sites for hydroxylation is 2. The first-order valence-electron chi connectivity index (χ1n) is 5.66. The van der Waals surface area contributed by atoms with Gasteiger partial charge in [-0.05, 0) is 13.3 Å². The summed E-state index contributed by atoms with van der Waals surface area (Å²) in [5.41, 5.74) is 7.76. The molecule has 1 aliphatic rings. The number of nitrogens with two attached hydrogens (primary N) is 1. The third-order valence-electron chi connectivity index (χ3n) is 3.22. The Bertz CT molecular complexity index is 374. The summed E-state index contributed by atoms with van der Waals surface area (Å²) in [5, 5.41) is 4.34. The molecular formula is C11H20N4O. The lowest BCUT2D eigenvalue weighted by molar-refractivity contribution is 0.161. The molecule has 2 N–H and O–H groups in total. The molecule has 90 valence electrons. The van der Waals surface area contributed by atoms with Gasteiger partial charge in [-0.15, -0.1) is 0 Å². The van der Waals surface area contributed by atoms with Gasteiger partial charge in [-0.2, -0.15) is 5.10 Å². The van der Waals surface area contributed by atoms with Crippen LogP contribution in [-0.4, -0.2) is 36.6 Å². The highest BCUT2D eigenvalue weighted by atomic mass is 16.5. The number of hydrogen-bond acceptors (Lipinski definition) is 4. The predicted octanol–water partition coefficient (Wildman–Crippen LogP) is 0.783. The number of nitrogen functional groups attached to an aromatic ring is 1. The van der Waals surface area contributed by atoms with Crippen LogP contribution in [0.5, 0.6) is 0 Å². The van der Waals surface area contributed by atoms with E-state index in [1.54, 1.807) is 7.11 Å². The number of methoxy groups -OCH3 is 1. The van der Waals surface area contributed by atoms with Gasteiger partial charge >= 0.3 is 0 Å². The maximum absolute atomic E-state index is 6.05. The Morgan fingerprint density at radius 2 is 2.31 bits per heavy atom. The third kappa shape index (κ3) is 1.87. The van der Waals surface area contributed by atoms with E-state index in [9.17, 15) is 0 Å². The van der Waals surface area contributed by atoms with E-state index in [-0.39, 0.29) is 0 Å². The standard InChI is InChI=1S/C11H20N4O/c1-8-10(12)11(14(2)13-8)15-5-4-9(6-15)7-16-3/h9H,4-7,12H2,1-3H3. The van der Waals surface area contributed by atoms with Gasteiger partial charge in [0.15, 0.2) is 0 Å². The Morgan fingerprint density at radius 3 is 2.88 bits per heavy atom. The molecule has 0 radical (unpaired) electrons. The van der Waals surface area contributed by atoms with Gasteiger partial charge in [0.2, 0.25) is 0 Å². The summed E-state index contributed by atoms with van der Waals surface area (Å²) in [6, 6.07) is 0. The van der Waals surface area contributed by atoms with Gasteiger partial charge in [-0.1, -0.05) is 0 Å². The second-order valence-corrected chi connectivity index (χ2v) is 4.50. The number of rotatable bonds is 3. The number of anilines is 2. The third-order valence-corrected chi connectivity index (χ3v) is 3.22. The van der Waals surface area contributed by atoms with Gasteiger partial charge in [0.25, 0.3) is 0 Å². The zero-order valence-corrected chi connectivity index (χ0v) is 10.2. The number of aromatic nitrogens is 2. The summed E-state index contributed by atoms with van der Waals surface area (Å²) in [7, 11) is 3.70. The molecule has 0 spiro atoms. The summed E-state index contributed by atoms with van der Waals surface area (Å²) < 4.78 is 7.07. The molecule has 0 aliphatic carbocycles. The largest absolute Gasteiger partial charge is 0.394 e. The lowest BCUT2D eigenvalue weighted by Crippen LogP contribution is -2.24. The zero-order chi connectivity index (χ0) is 11.7. The first kappa shape index (κ1) is 11.3. The minimum Gasteiger partial charge on any atom is -0.394 e. The highest BCUT2D eigenvalue weighted by Crippen LogP contribution is 2.30. The molecule has 2 rings (SSSR count). The van der Waals surface area contributed by atoms with E-state index in [0.717, 1.165) is 43.3 Å². The van der Waals surface area contributed by atoms with E-state index in [2.05, 4.69) is 10.00 Å². The lowest BCUT2D eigenvalue weighted by Gasteiger charge is -2.19. The van der Waals surface area contributed by atoms with E-state index < -0.39 is 0 Å². The van der Waals surface area contributed by atoms with Crippen molar-refractivity contribution >= 4 is 11.5 Å². The zero-order valence-electron chi connectivity index (χ0n) is 10.2. The molecule has 16 heavy (non-hydrogen) atoms. The molecule has 1 saturated heterocycles. The van der Waals surface area contributed by atoms with Crippen LogP contribution in [0.3, 0.4) is 0 Å². The average Bonchev–Trinajstić information content (AvgIpc) is 2.75. The summed E-state index contributed by atoms with van der Waals surface area (Å²) in [6.45, 7) is 4.82. The number of ether oxygens (including phenoxy) is 1. The Morgan fingerprint density at radius 1 is 1.56 bits per heavy atom. The van der Waals surface area contributed by atoms with E-state index in [0.29, 0.717) is 5.92 Å². The normalized spacial score (nSPS) is 20.7. The number of nitrogens with zero attached hydrogens (tertiary/aromatic N) is 3. The maximum Gasteiger partial charge on any atom is 0.150 e. The second-order valence-electron chi connectivity index (χ2n) is 4.50. The van der Waals surface area contributed by atoms with Crippen molar-refractivity contribution in [3.05, 3.63) is 5.69 Å². The fraction of sp³-hybridized carbons (Fsp3) is 0.727. The van der Waals surface area contributed by atoms with E-state index in [1.165, 1.54) is 0 Å². The van der Waals surface area contributed by atoms with Crippen LogP contribution in [0, 0.1) is 12.8 Å². The molecule has 0 bridgehead atoms. The second kappa shape index (κ2) is 4.33. The van der Waals surface area contributed by atoms with Crippen LogP contribution in [0.25, 0.3) is 0 Å². The monoisotopic (exact) mass is 224 g/mol. The predicted molar refractivity (Wildman–Crippen MR) is 64.6 cm³/mol. The highest BCUT2D eigenvalue weighted by molar-refractivity contribution is 5.66. The van der Waals surface area contributed by atoms with E-state index in [4.69, 9.17) is 10.5 Å². The first-order chi connectivity index (χ1) is 7.63. The van der Waals surface area contributed by atoms with Crippen LogP contribution in [0.2, 0.25) is 0 Å². The van der Waals surface area contributed by atoms with Gasteiger partial charge in [0, 0.05) is 33.2 Å². The van der Waals surface area contributed by atoms with Crippen molar-refractivity contribution in [2.24, 2.45) is 13.0 Å². The van der Waals surface area contributed by atoms with Crippen LogP contribution < -0.4 is 10.6 Å². The lowest BCUT2D eigenvalue weighted by atomic mass is 10.1. The van der Waals surface area contributed by atoms with E-state index in [1.807, 2.05) is 18.7 Å². The minimum atomic E-state index is 0.611. The Labute approximate surface area is 96.2 Å². The van der Waals surface area contributed by atoms with Crippen LogP contribution >= 0.6 is 0 Å². The van der Waals surface area contributed by atoms with Crippen molar-refractivity contribution in [3.8, 4) is 0 Å². The minimum absolute atomic E-state index is 0.611. The molecule has 1 unspecified atom stereocenters. The van der Waals surface area contributed by atoms with Gasteiger partial charge < -0.3 is 15.4 Å². The SMILES string of the molecule is COCC1CCN(c2c(N)c(C)nn2C)C1. The van der Waals surface area contributed by atoms with Crippen LogP contribution in [-0.2, 0) is 11.8 Å². The molecular weight excluding hydrogens is 204 g/mol. The molecule has 1 aromatic rings. The van der Waals surface area contributed by atoms with Crippen LogP contribution in [0.15, 0.2) is 0 Å². The molecule has 5 heteroatoms. The van der Waals surface area contributed by atoms with Gasteiger partial charge in [0.1, 0.15) is 5.82 Å². The molecule has 0 aromatic carbocycles. The molecule has 0 amide bonds. The molecule has 2 heterocycles. The van der Waals surface area contributed by atoms with Crippen molar-refractivity contribution in [1.82, 2.24) is 9.78 Å². The molecule has 5 nitrogen and oxygen atoms in total. The summed E-state index contributed by atoms with van der Waals surface area (Å²) in [6.07, 6.45) is 1.16. The van der Waals surface area contributed by atoms with Crippen molar-refractivity contribution in [2.75, 3.05) is 37.4 Å². The summed E-state index contributed by atoms with van der Waals surface area (Å²) in [4.78, 5) is 2.30. The quantitative estimate of drug-likeness (QED) is 0.824. The first-order valence-corrected chi connectivity index (χ1v) is 5.66. The van der Waals surface area contributed by atoms with Crippen LogP contribution in [0.4, 0.5) is 11.5 Å². The van der Waals surface area contributed by atoms with Gasteiger partial charge in [-0.25, -0.2) is 0 Å². The maximum atomic E-state index is 6.05. The molecule has 1 fully saturated rings. The fourth-order valence-electron chi connectivity index (χ4n) is 2.43. The van der Waals surface area contributed by atoms with Crippen LogP contribution in [0.1, 0.15) is 12.1 Å². The smallest absolute Gasteiger partial charge is 0.150 e. The van der Waals surface area contributed by atoms with Crippen molar-refractivity contribution in [1.29, 1.82) is 0 Å².